The molecule has 0 aromatic heterocycles. The number of fused-ring (bicyclic) bond motifs is 6. The summed E-state index contributed by atoms with van der Waals surface area (Å²) < 4.78 is 25.3. The Morgan fingerprint density at radius 1 is 0.808 bits per heavy atom. The molecule has 2 aliphatic carbocycles. The molecule has 2 heterocycles. The molecule has 2 aliphatic heterocycles. The lowest BCUT2D eigenvalue weighted by Gasteiger charge is -2.38. The average molecular weight is 346 g/mol. The van der Waals surface area contributed by atoms with Crippen molar-refractivity contribution >= 4 is 25.2 Å². The Bertz CT molecular complexity index is 766. The summed E-state index contributed by atoms with van der Waals surface area (Å²) in [6.45, 7) is 0.649. The molecular weight excluding hydrogens is 326 g/mol. The first-order valence-corrected chi connectivity index (χ1v) is 9.53. The lowest BCUT2D eigenvalue weighted by atomic mass is 9.77. The van der Waals surface area contributed by atoms with Crippen molar-refractivity contribution < 1.29 is 18.6 Å². The number of rotatable bonds is 2. The van der Waals surface area contributed by atoms with Crippen molar-refractivity contribution in [3.8, 4) is 0 Å². The fourth-order valence-corrected chi connectivity index (χ4v) is 5.42. The summed E-state index contributed by atoms with van der Waals surface area (Å²) in [5, 5.41) is 0. The molecule has 2 aromatic carbocycles. The Kier molecular flexibility index (Phi) is 3.39. The zero-order chi connectivity index (χ0) is 17.1. The van der Waals surface area contributed by atoms with Crippen molar-refractivity contribution in [2.45, 2.75) is 30.7 Å². The van der Waals surface area contributed by atoms with Crippen LogP contribution in [-0.2, 0) is 18.6 Å². The zero-order valence-electron chi connectivity index (χ0n) is 14.5. The summed E-state index contributed by atoms with van der Waals surface area (Å²) >= 11 is 0. The predicted octanol–water partition coefficient (Wildman–Crippen LogP) is 1.39. The highest BCUT2D eigenvalue weighted by Crippen LogP contribution is 2.58. The van der Waals surface area contributed by atoms with Crippen LogP contribution >= 0.6 is 0 Å². The summed E-state index contributed by atoms with van der Waals surface area (Å²) in [5.41, 5.74) is 1.97. The molecule has 2 bridgehead atoms. The van der Waals surface area contributed by atoms with E-state index in [0.29, 0.717) is 18.4 Å². The van der Waals surface area contributed by atoms with Crippen LogP contribution in [0.2, 0.25) is 0 Å². The smallest absolute Gasteiger partial charge is 0.404 e. The van der Waals surface area contributed by atoms with Gasteiger partial charge in [-0.15, -0.1) is 0 Å². The number of hydrogen-bond donors (Lipinski definition) is 0. The molecule has 6 heteroatoms. The van der Waals surface area contributed by atoms with Crippen molar-refractivity contribution in [2.24, 2.45) is 11.8 Å². The Labute approximate surface area is 154 Å². The second kappa shape index (κ2) is 5.70. The molecule has 4 aliphatic rings. The van der Waals surface area contributed by atoms with Gasteiger partial charge in [-0.2, -0.15) is 0 Å². The number of benzene rings is 2. The molecule has 2 saturated carbocycles. The van der Waals surface area contributed by atoms with Gasteiger partial charge in [0.05, 0.1) is 24.4 Å². The molecule has 2 saturated heterocycles. The van der Waals surface area contributed by atoms with E-state index >= 15 is 0 Å². The van der Waals surface area contributed by atoms with E-state index in [1.165, 1.54) is 0 Å². The molecule has 5 atom stereocenters. The molecule has 0 amide bonds. The quantitative estimate of drug-likeness (QED) is 0.771. The van der Waals surface area contributed by atoms with Gasteiger partial charge in [0, 0.05) is 5.92 Å². The summed E-state index contributed by atoms with van der Waals surface area (Å²) in [4.78, 5) is 0. The highest BCUT2D eigenvalue weighted by molar-refractivity contribution is 6.62. The van der Waals surface area contributed by atoms with Gasteiger partial charge >= 0.3 is 14.2 Å². The van der Waals surface area contributed by atoms with Gasteiger partial charge < -0.3 is 18.6 Å². The Hall–Kier alpha value is -1.59. The van der Waals surface area contributed by atoms with Gasteiger partial charge in [-0.05, 0) is 29.7 Å². The Morgan fingerprint density at radius 2 is 1.46 bits per heavy atom. The van der Waals surface area contributed by atoms with Gasteiger partial charge in [0.2, 0.25) is 0 Å². The molecule has 1 spiro atoms. The molecule has 4 fully saturated rings. The summed E-state index contributed by atoms with van der Waals surface area (Å²) in [6, 6.07) is 20.4. The largest absolute Gasteiger partial charge is 0.494 e. The van der Waals surface area contributed by atoms with Crippen LogP contribution < -0.4 is 10.9 Å². The van der Waals surface area contributed by atoms with Crippen molar-refractivity contribution in [1.82, 2.24) is 0 Å². The van der Waals surface area contributed by atoms with Gasteiger partial charge in [0.15, 0.2) is 0 Å². The minimum Gasteiger partial charge on any atom is -0.404 e. The summed E-state index contributed by atoms with van der Waals surface area (Å²) in [6.07, 6.45) is 2.42. The van der Waals surface area contributed by atoms with E-state index in [2.05, 4.69) is 24.3 Å². The maximum Gasteiger partial charge on any atom is 0.494 e. The third kappa shape index (κ3) is 2.19. The summed E-state index contributed by atoms with van der Waals surface area (Å²) in [7, 11) is -0.514. The first-order valence-electron chi connectivity index (χ1n) is 9.53. The topological polar surface area (TPSA) is 36.9 Å². The molecule has 0 N–H and O–H groups in total. The van der Waals surface area contributed by atoms with E-state index in [4.69, 9.17) is 18.6 Å². The molecule has 26 heavy (non-hydrogen) atoms. The van der Waals surface area contributed by atoms with Gasteiger partial charge in [-0.1, -0.05) is 60.7 Å². The van der Waals surface area contributed by atoms with Gasteiger partial charge in [0.1, 0.15) is 0 Å². The molecular formula is C20H20B2O4. The molecule has 0 unspecified atom stereocenters. The average Bonchev–Trinajstić information content (AvgIpc) is 3.45. The van der Waals surface area contributed by atoms with Crippen LogP contribution in [0.3, 0.4) is 0 Å². The maximum absolute atomic E-state index is 6.52. The second-order valence-electron chi connectivity index (χ2n) is 7.99. The van der Waals surface area contributed by atoms with Crippen LogP contribution in [0.1, 0.15) is 12.8 Å². The van der Waals surface area contributed by atoms with Crippen LogP contribution in [0.5, 0.6) is 0 Å². The van der Waals surface area contributed by atoms with Crippen LogP contribution in [0.15, 0.2) is 60.7 Å². The Balaban J connectivity index is 1.23. The van der Waals surface area contributed by atoms with Gasteiger partial charge in [-0.25, -0.2) is 0 Å². The first-order chi connectivity index (χ1) is 12.8. The third-order valence-electron chi connectivity index (χ3n) is 6.55. The van der Waals surface area contributed by atoms with E-state index < -0.39 is 0 Å². The monoisotopic (exact) mass is 346 g/mol. The molecule has 130 valence electrons. The Morgan fingerprint density at radius 3 is 2.19 bits per heavy atom. The predicted molar refractivity (Wildman–Crippen MR) is 99.4 cm³/mol. The molecule has 0 radical (unpaired) electrons. The van der Waals surface area contributed by atoms with Crippen LogP contribution in [0.4, 0.5) is 0 Å². The van der Waals surface area contributed by atoms with Crippen molar-refractivity contribution in [2.75, 3.05) is 6.61 Å². The zero-order valence-corrected chi connectivity index (χ0v) is 14.5. The summed E-state index contributed by atoms with van der Waals surface area (Å²) in [5.74, 6) is 0.844. The number of hydrogen-bond acceptors (Lipinski definition) is 4. The van der Waals surface area contributed by atoms with Crippen molar-refractivity contribution in [3.63, 3.8) is 0 Å². The fourth-order valence-electron chi connectivity index (χ4n) is 5.42. The van der Waals surface area contributed by atoms with E-state index in [1.807, 2.05) is 36.4 Å². The van der Waals surface area contributed by atoms with Crippen LogP contribution in [0.25, 0.3) is 0 Å². The minimum atomic E-state index is -0.263. The van der Waals surface area contributed by atoms with Crippen LogP contribution in [0, 0.1) is 11.8 Å². The van der Waals surface area contributed by atoms with E-state index in [-0.39, 0.29) is 32.0 Å². The van der Waals surface area contributed by atoms with Gasteiger partial charge in [0.25, 0.3) is 0 Å². The second-order valence-corrected chi connectivity index (χ2v) is 7.99. The van der Waals surface area contributed by atoms with E-state index in [1.54, 1.807) is 0 Å². The lowest BCUT2D eigenvalue weighted by molar-refractivity contribution is -0.0394. The van der Waals surface area contributed by atoms with E-state index in [0.717, 1.165) is 23.8 Å². The minimum absolute atomic E-state index is 0.108. The molecule has 2 aromatic rings. The van der Waals surface area contributed by atoms with Crippen molar-refractivity contribution in [3.05, 3.63) is 60.7 Å². The normalized spacial score (nSPS) is 37.7. The van der Waals surface area contributed by atoms with Gasteiger partial charge in [-0.3, -0.25) is 0 Å². The standard InChI is InChI=1S/C20H20B2O4/c1-3-7-15(8-4-1)21-23-13-20(26-21)12-14-11-17(20)19-18(14)24-22(25-19)16-9-5-2-6-10-16/h1-10,14,17-19H,11-13H2/t14-,17-,18-,19+,20-/m1/s1. The first kappa shape index (κ1) is 15.5. The third-order valence-corrected chi connectivity index (χ3v) is 6.55. The highest BCUT2D eigenvalue weighted by Gasteiger charge is 2.67. The van der Waals surface area contributed by atoms with Crippen LogP contribution in [-0.4, -0.2) is 38.7 Å². The van der Waals surface area contributed by atoms with Crippen molar-refractivity contribution in [1.29, 1.82) is 0 Å². The van der Waals surface area contributed by atoms with E-state index in [9.17, 15) is 0 Å². The SMILES string of the molecule is c1ccc(B2O[C@@H]3[C@@H]4C[C@H]([C@@H]3O2)[C@]2(COB(c3ccccc3)O2)C4)cc1. The highest BCUT2D eigenvalue weighted by atomic mass is 16.7. The fraction of sp³-hybridized carbons (Fsp3) is 0.400. The molecule has 4 nitrogen and oxygen atoms in total. The lowest BCUT2D eigenvalue weighted by Crippen LogP contribution is -2.49. The maximum atomic E-state index is 6.52. The molecule has 6 rings (SSSR count).